The average molecular weight is 286 g/mol. The molecule has 0 amide bonds. The molecule has 1 rings (SSSR count). The zero-order valence-corrected chi connectivity index (χ0v) is 10.9. The molecule has 0 saturated carbocycles. The van der Waals surface area contributed by atoms with Crippen molar-refractivity contribution < 1.29 is 19.2 Å². The number of halogens is 1. The van der Waals surface area contributed by atoms with Crippen molar-refractivity contribution in [3.05, 3.63) is 46.0 Å². The Labute approximate surface area is 114 Å². The zero-order valence-electron chi connectivity index (χ0n) is 10.2. The molecule has 0 bridgehead atoms. The molecule has 0 aromatic heterocycles. The third-order valence-electron chi connectivity index (χ3n) is 2.25. The maximum atomic E-state index is 11.5. The molecule has 1 unspecified atom stereocenters. The van der Waals surface area contributed by atoms with Gasteiger partial charge >= 0.3 is 5.97 Å². The smallest absolute Gasteiger partial charge is 0.347 e. The van der Waals surface area contributed by atoms with Crippen LogP contribution in [0.5, 0.6) is 5.75 Å². The quantitative estimate of drug-likeness (QED) is 0.347. The van der Waals surface area contributed by atoms with Crippen LogP contribution in [0.1, 0.15) is 6.42 Å². The highest BCUT2D eigenvalue weighted by atomic mass is 35.5. The van der Waals surface area contributed by atoms with E-state index in [2.05, 4.69) is 11.3 Å². The van der Waals surface area contributed by atoms with Gasteiger partial charge in [-0.2, -0.15) is 0 Å². The Bertz CT molecular complexity index is 503. The summed E-state index contributed by atoms with van der Waals surface area (Å²) in [5.41, 5.74) is -0.290. The molecule has 0 saturated heterocycles. The van der Waals surface area contributed by atoms with Crippen LogP contribution in [0.25, 0.3) is 0 Å². The van der Waals surface area contributed by atoms with Gasteiger partial charge in [0.1, 0.15) is 5.75 Å². The lowest BCUT2D eigenvalue weighted by atomic mass is 10.2. The Kier molecular flexibility index (Phi) is 5.32. The number of methoxy groups -OCH3 is 1. The summed E-state index contributed by atoms with van der Waals surface area (Å²) in [6.07, 6.45) is 0.737. The van der Waals surface area contributed by atoms with Gasteiger partial charge < -0.3 is 9.47 Å². The molecule has 0 N–H and O–H groups in total. The topological polar surface area (TPSA) is 78.7 Å². The second-order valence-electron chi connectivity index (χ2n) is 3.50. The molecule has 0 aliphatic rings. The number of carbonyl (C=O) groups excluding carboxylic acids is 1. The van der Waals surface area contributed by atoms with Crippen LogP contribution in [0.4, 0.5) is 5.69 Å². The highest BCUT2D eigenvalue weighted by molar-refractivity contribution is 6.34. The van der Waals surface area contributed by atoms with Crippen LogP contribution in [0.15, 0.2) is 30.9 Å². The summed E-state index contributed by atoms with van der Waals surface area (Å²) >= 11 is 5.85. The molecule has 0 heterocycles. The van der Waals surface area contributed by atoms with Crippen LogP contribution in [0, 0.1) is 10.1 Å². The Morgan fingerprint density at radius 3 is 2.84 bits per heavy atom. The molecule has 7 heteroatoms. The van der Waals surface area contributed by atoms with E-state index in [1.54, 1.807) is 0 Å². The molecular formula is C12H12ClNO5. The van der Waals surface area contributed by atoms with Crippen LogP contribution in [-0.2, 0) is 9.53 Å². The second-order valence-corrected chi connectivity index (χ2v) is 3.88. The average Bonchev–Trinajstić information content (AvgIpc) is 2.39. The molecule has 0 aliphatic carbocycles. The normalized spacial score (nSPS) is 11.5. The number of nitro groups is 1. The van der Waals surface area contributed by atoms with Crippen molar-refractivity contribution in [1.82, 2.24) is 0 Å². The second kappa shape index (κ2) is 6.75. The van der Waals surface area contributed by atoms with Gasteiger partial charge in [-0.3, -0.25) is 10.1 Å². The van der Waals surface area contributed by atoms with Gasteiger partial charge in [-0.25, -0.2) is 4.79 Å². The molecule has 1 aromatic rings. The summed E-state index contributed by atoms with van der Waals surface area (Å²) in [6.45, 7) is 3.50. The number of ether oxygens (including phenoxy) is 2. The summed E-state index contributed by atoms with van der Waals surface area (Å²) in [5.74, 6) is -0.560. The van der Waals surface area contributed by atoms with E-state index in [9.17, 15) is 14.9 Å². The summed E-state index contributed by atoms with van der Waals surface area (Å²) in [4.78, 5) is 21.6. The Morgan fingerprint density at radius 1 is 1.63 bits per heavy atom. The summed E-state index contributed by atoms with van der Waals surface area (Å²) in [6, 6.07) is 4.10. The van der Waals surface area contributed by atoms with Gasteiger partial charge in [-0.1, -0.05) is 23.7 Å². The van der Waals surface area contributed by atoms with Crippen molar-refractivity contribution in [3.63, 3.8) is 0 Å². The first-order chi connectivity index (χ1) is 9.01. The van der Waals surface area contributed by atoms with Gasteiger partial charge in [0.25, 0.3) is 5.69 Å². The molecule has 19 heavy (non-hydrogen) atoms. The summed E-state index contributed by atoms with van der Waals surface area (Å²) in [5, 5.41) is 10.6. The minimum absolute atomic E-state index is 0.0492. The number of nitro benzene ring substituents is 1. The molecule has 1 aromatic carbocycles. The van der Waals surface area contributed by atoms with E-state index in [-0.39, 0.29) is 22.9 Å². The number of hydrogen-bond acceptors (Lipinski definition) is 5. The van der Waals surface area contributed by atoms with Crippen molar-refractivity contribution in [2.24, 2.45) is 0 Å². The largest absolute Gasteiger partial charge is 0.477 e. The number of benzene rings is 1. The van der Waals surface area contributed by atoms with Crippen molar-refractivity contribution >= 4 is 23.3 Å². The molecule has 1 atom stereocenters. The van der Waals surface area contributed by atoms with E-state index >= 15 is 0 Å². The lowest BCUT2D eigenvalue weighted by Crippen LogP contribution is -2.28. The molecule has 102 valence electrons. The number of carbonyl (C=O) groups is 1. The third kappa shape index (κ3) is 3.69. The van der Waals surface area contributed by atoms with Gasteiger partial charge in [-0.15, -0.1) is 6.58 Å². The summed E-state index contributed by atoms with van der Waals surface area (Å²) in [7, 11) is 1.22. The van der Waals surface area contributed by atoms with Gasteiger partial charge in [0.05, 0.1) is 12.0 Å². The SMILES string of the molecule is C=CCC(Oc1cccc([N+](=O)[O-])c1Cl)C(=O)OC. The lowest BCUT2D eigenvalue weighted by molar-refractivity contribution is -0.384. The number of nitrogens with zero attached hydrogens (tertiary/aromatic N) is 1. The van der Waals surface area contributed by atoms with Gasteiger partial charge in [0.15, 0.2) is 11.1 Å². The number of hydrogen-bond donors (Lipinski definition) is 0. The Morgan fingerprint density at radius 2 is 2.32 bits per heavy atom. The number of rotatable bonds is 6. The third-order valence-corrected chi connectivity index (χ3v) is 2.63. The minimum Gasteiger partial charge on any atom is -0.477 e. The van der Waals surface area contributed by atoms with Crippen LogP contribution in [-0.4, -0.2) is 24.1 Å². The van der Waals surface area contributed by atoms with Crippen LogP contribution >= 0.6 is 11.6 Å². The highest BCUT2D eigenvalue weighted by Gasteiger charge is 2.23. The summed E-state index contributed by atoms with van der Waals surface area (Å²) < 4.78 is 9.91. The molecule has 0 spiro atoms. The van der Waals surface area contributed by atoms with Gasteiger partial charge in [-0.05, 0) is 6.07 Å². The van der Waals surface area contributed by atoms with Crippen LogP contribution in [0.2, 0.25) is 5.02 Å². The fraction of sp³-hybridized carbons (Fsp3) is 0.250. The van der Waals surface area contributed by atoms with E-state index < -0.39 is 17.0 Å². The fourth-order valence-corrected chi connectivity index (χ4v) is 1.60. The highest BCUT2D eigenvalue weighted by Crippen LogP contribution is 2.34. The molecule has 6 nitrogen and oxygen atoms in total. The van der Waals surface area contributed by atoms with E-state index in [0.29, 0.717) is 0 Å². The van der Waals surface area contributed by atoms with Crippen molar-refractivity contribution in [3.8, 4) is 5.75 Å². The van der Waals surface area contributed by atoms with Crippen molar-refractivity contribution in [1.29, 1.82) is 0 Å². The first-order valence-electron chi connectivity index (χ1n) is 5.29. The zero-order chi connectivity index (χ0) is 14.4. The standard InChI is InChI=1S/C12H12ClNO5/c1-3-5-10(12(15)18-2)19-9-7-4-6-8(11(9)13)14(16)17/h3-4,6-7,10H,1,5H2,2H3. The fourth-order valence-electron chi connectivity index (χ4n) is 1.36. The minimum atomic E-state index is -0.943. The van der Waals surface area contributed by atoms with E-state index in [1.807, 2.05) is 0 Å². The Hall–Kier alpha value is -2.08. The van der Waals surface area contributed by atoms with Crippen LogP contribution < -0.4 is 4.74 Å². The maximum Gasteiger partial charge on any atom is 0.347 e. The van der Waals surface area contributed by atoms with Gasteiger partial charge in [0.2, 0.25) is 0 Å². The molecular weight excluding hydrogens is 274 g/mol. The molecule has 0 aliphatic heterocycles. The molecule has 0 fully saturated rings. The first-order valence-corrected chi connectivity index (χ1v) is 5.67. The predicted molar refractivity (Wildman–Crippen MR) is 69.4 cm³/mol. The Balaban J connectivity index is 3.03. The van der Waals surface area contributed by atoms with Crippen molar-refractivity contribution in [2.75, 3.05) is 7.11 Å². The first kappa shape index (κ1) is 15.0. The lowest BCUT2D eigenvalue weighted by Gasteiger charge is -2.16. The van der Waals surface area contributed by atoms with Gasteiger partial charge in [0, 0.05) is 12.5 Å². The predicted octanol–water partition coefficient (Wildman–Crippen LogP) is 2.74. The van der Waals surface area contributed by atoms with E-state index in [4.69, 9.17) is 16.3 Å². The van der Waals surface area contributed by atoms with Crippen molar-refractivity contribution in [2.45, 2.75) is 12.5 Å². The monoisotopic (exact) mass is 285 g/mol. The van der Waals surface area contributed by atoms with E-state index in [0.717, 1.165) is 0 Å². The maximum absolute atomic E-state index is 11.5. The molecule has 0 radical (unpaired) electrons. The number of esters is 1. The van der Waals surface area contributed by atoms with Crippen LogP contribution in [0.3, 0.4) is 0 Å². The van der Waals surface area contributed by atoms with E-state index in [1.165, 1.54) is 31.4 Å².